The average Bonchev–Trinajstić information content (AvgIpc) is 2.76. The van der Waals surface area contributed by atoms with Crippen LogP contribution in [-0.2, 0) is 19.6 Å². The topological polar surface area (TPSA) is 42.4 Å². The summed E-state index contributed by atoms with van der Waals surface area (Å²) in [6, 6.07) is 9.87. The number of furan rings is 1. The second-order valence-corrected chi connectivity index (χ2v) is 4.81. The van der Waals surface area contributed by atoms with Crippen molar-refractivity contribution < 1.29 is 4.42 Å². The summed E-state index contributed by atoms with van der Waals surface area (Å²) in [6.07, 6.45) is 1.69. The number of rotatable bonds is 5. The van der Waals surface area contributed by atoms with Crippen molar-refractivity contribution in [3.05, 3.63) is 58.5 Å². The fraction of sp³-hybridized carbons (Fsp3) is 0.286. The highest BCUT2D eigenvalue weighted by molar-refractivity contribution is 6.30. The Labute approximate surface area is 112 Å². The molecule has 4 heteroatoms. The second-order valence-electron chi connectivity index (χ2n) is 4.38. The molecule has 1 aromatic heterocycles. The van der Waals surface area contributed by atoms with Gasteiger partial charge < -0.3 is 10.2 Å². The van der Waals surface area contributed by atoms with Crippen molar-refractivity contribution in [2.24, 2.45) is 5.73 Å². The highest BCUT2D eigenvalue weighted by Gasteiger charge is 2.08. The van der Waals surface area contributed by atoms with Gasteiger partial charge in [0.05, 0.1) is 12.8 Å². The first-order valence-corrected chi connectivity index (χ1v) is 6.25. The third-order valence-electron chi connectivity index (χ3n) is 2.80. The molecule has 1 heterocycles. The Hall–Kier alpha value is -1.29. The molecule has 0 saturated heterocycles. The van der Waals surface area contributed by atoms with E-state index in [0.717, 1.165) is 29.4 Å². The molecule has 0 aliphatic carbocycles. The van der Waals surface area contributed by atoms with Gasteiger partial charge in [-0.2, -0.15) is 0 Å². The summed E-state index contributed by atoms with van der Waals surface area (Å²) in [6.45, 7) is 2.10. The van der Waals surface area contributed by atoms with E-state index in [1.54, 1.807) is 6.26 Å². The Morgan fingerprint density at radius 3 is 2.83 bits per heavy atom. The van der Waals surface area contributed by atoms with Gasteiger partial charge in [-0.25, -0.2) is 0 Å². The Balaban J connectivity index is 1.98. The fourth-order valence-corrected chi connectivity index (χ4v) is 2.19. The van der Waals surface area contributed by atoms with Gasteiger partial charge in [0.1, 0.15) is 5.76 Å². The van der Waals surface area contributed by atoms with Gasteiger partial charge in [0.15, 0.2) is 0 Å². The molecule has 3 nitrogen and oxygen atoms in total. The van der Waals surface area contributed by atoms with Crippen LogP contribution in [0.25, 0.3) is 0 Å². The van der Waals surface area contributed by atoms with Crippen LogP contribution in [0, 0.1) is 0 Å². The zero-order valence-corrected chi connectivity index (χ0v) is 11.2. The quantitative estimate of drug-likeness (QED) is 0.903. The number of nitrogens with zero attached hydrogens (tertiary/aromatic N) is 1. The third-order valence-corrected chi connectivity index (χ3v) is 3.04. The smallest absolute Gasteiger partial charge is 0.121 e. The monoisotopic (exact) mass is 264 g/mol. The van der Waals surface area contributed by atoms with Gasteiger partial charge in [-0.15, -0.1) is 0 Å². The lowest BCUT2D eigenvalue weighted by atomic mass is 10.2. The van der Waals surface area contributed by atoms with Crippen molar-refractivity contribution in [1.29, 1.82) is 0 Å². The van der Waals surface area contributed by atoms with E-state index < -0.39 is 0 Å². The normalized spacial score (nSPS) is 11.1. The Bertz CT molecular complexity index is 510. The molecule has 0 radical (unpaired) electrons. The molecular formula is C14H17ClN2O. The van der Waals surface area contributed by atoms with Crippen molar-refractivity contribution in [2.45, 2.75) is 19.6 Å². The molecule has 1 aromatic carbocycles. The predicted molar refractivity (Wildman–Crippen MR) is 73.2 cm³/mol. The van der Waals surface area contributed by atoms with E-state index in [1.807, 2.05) is 24.3 Å². The van der Waals surface area contributed by atoms with Crippen molar-refractivity contribution in [1.82, 2.24) is 4.90 Å². The summed E-state index contributed by atoms with van der Waals surface area (Å²) >= 11 is 5.97. The zero-order chi connectivity index (χ0) is 13.0. The van der Waals surface area contributed by atoms with E-state index in [9.17, 15) is 0 Å². The first kappa shape index (κ1) is 13.1. The minimum atomic E-state index is 0.438. The molecule has 18 heavy (non-hydrogen) atoms. The van der Waals surface area contributed by atoms with E-state index in [-0.39, 0.29) is 0 Å². The number of hydrogen-bond donors (Lipinski definition) is 1. The van der Waals surface area contributed by atoms with Crippen LogP contribution in [0.2, 0.25) is 5.02 Å². The molecule has 0 amide bonds. The van der Waals surface area contributed by atoms with Crippen LogP contribution in [0.15, 0.2) is 41.0 Å². The van der Waals surface area contributed by atoms with Gasteiger partial charge >= 0.3 is 0 Å². The van der Waals surface area contributed by atoms with Crippen LogP contribution < -0.4 is 5.73 Å². The van der Waals surface area contributed by atoms with E-state index in [0.29, 0.717) is 6.54 Å². The van der Waals surface area contributed by atoms with Crippen molar-refractivity contribution in [3.63, 3.8) is 0 Å². The molecule has 0 spiro atoms. The van der Waals surface area contributed by atoms with Crippen LogP contribution in [0.5, 0.6) is 0 Å². The molecule has 0 aliphatic rings. The second kappa shape index (κ2) is 6.05. The lowest BCUT2D eigenvalue weighted by Gasteiger charge is -2.16. The van der Waals surface area contributed by atoms with Gasteiger partial charge in [0.25, 0.3) is 0 Å². The SMILES string of the molecule is CN(Cc1cccc(Cl)c1)Cc1ccoc1CN. The maximum atomic E-state index is 5.97. The summed E-state index contributed by atoms with van der Waals surface area (Å²) in [7, 11) is 2.06. The minimum Gasteiger partial charge on any atom is -0.468 e. The molecule has 0 bridgehead atoms. The summed E-state index contributed by atoms with van der Waals surface area (Å²) in [5, 5.41) is 0.770. The number of benzene rings is 1. The molecule has 0 aliphatic heterocycles. The lowest BCUT2D eigenvalue weighted by Crippen LogP contribution is -2.18. The van der Waals surface area contributed by atoms with Gasteiger partial charge in [-0.05, 0) is 30.8 Å². The lowest BCUT2D eigenvalue weighted by molar-refractivity contribution is 0.315. The van der Waals surface area contributed by atoms with Gasteiger partial charge in [0.2, 0.25) is 0 Å². The molecular weight excluding hydrogens is 248 g/mol. The highest BCUT2D eigenvalue weighted by Crippen LogP contribution is 2.15. The van der Waals surface area contributed by atoms with Crippen LogP contribution in [0.1, 0.15) is 16.9 Å². The van der Waals surface area contributed by atoms with Crippen molar-refractivity contribution in [3.8, 4) is 0 Å². The molecule has 0 unspecified atom stereocenters. The number of halogens is 1. The standard InChI is InChI=1S/C14H17ClN2O/c1-17(9-11-3-2-4-13(15)7-11)10-12-5-6-18-14(12)8-16/h2-7H,8-10,16H2,1H3. The minimum absolute atomic E-state index is 0.438. The Morgan fingerprint density at radius 1 is 1.28 bits per heavy atom. The van der Waals surface area contributed by atoms with Gasteiger partial charge in [0, 0.05) is 23.7 Å². The predicted octanol–water partition coefficient (Wildman–Crippen LogP) is 3.02. The molecule has 2 N–H and O–H groups in total. The molecule has 2 aromatic rings. The van der Waals surface area contributed by atoms with Crippen LogP contribution in [0.4, 0.5) is 0 Å². The average molecular weight is 265 g/mol. The van der Waals surface area contributed by atoms with Gasteiger partial charge in [-0.1, -0.05) is 23.7 Å². The van der Waals surface area contributed by atoms with E-state index in [2.05, 4.69) is 18.0 Å². The van der Waals surface area contributed by atoms with Crippen LogP contribution in [-0.4, -0.2) is 11.9 Å². The summed E-state index contributed by atoms with van der Waals surface area (Å²) in [5.74, 6) is 0.855. The maximum absolute atomic E-state index is 5.97. The summed E-state index contributed by atoms with van der Waals surface area (Å²) in [4.78, 5) is 2.20. The molecule has 0 saturated carbocycles. The molecule has 0 fully saturated rings. The van der Waals surface area contributed by atoms with Crippen molar-refractivity contribution >= 4 is 11.6 Å². The summed E-state index contributed by atoms with van der Waals surface area (Å²) in [5.41, 5.74) is 7.95. The number of nitrogens with two attached hydrogens (primary N) is 1. The van der Waals surface area contributed by atoms with E-state index in [4.69, 9.17) is 21.8 Å². The molecule has 96 valence electrons. The Morgan fingerprint density at radius 2 is 2.11 bits per heavy atom. The highest BCUT2D eigenvalue weighted by atomic mass is 35.5. The maximum Gasteiger partial charge on any atom is 0.121 e. The van der Waals surface area contributed by atoms with Crippen LogP contribution >= 0.6 is 11.6 Å². The fourth-order valence-electron chi connectivity index (χ4n) is 1.98. The summed E-state index contributed by atoms with van der Waals surface area (Å²) < 4.78 is 5.31. The Kier molecular flexibility index (Phi) is 4.42. The van der Waals surface area contributed by atoms with Crippen LogP contribution in [0.3, 0.4) is 0 Å². The van der Waals surface area contributed by atoms with Crippen molar-refractivity contribution in [2.75, 3.05) is 7.05 Å². The first-order chi connectivity index (χ1) is 8.69. The number of hydrogen-bond acceptors (Lipinski definition) is 3. The van der Waals surface area contributed by atoms with E-state index in [1.165, 1.54) is 5.56 Å². The zero-order valence-electron chi connectivity index (χ0n) is 10.4. The molecule has 2 rings (SSSR count). The third kappa shape index (κ3) is 3.35. The first-order valence-electron chi connectivity index (χ1n) is 5.87. The van der Waals surface area contributed by atoms with E-state index >= 15 is 0 Å². The largest absolute Gasteiger partial charge is 0.468 e. The van der Waals surface area contributed by atoms with Gasteiger partial charge in [-0.3, -0.25) is 4.90 Å². The molecule has 0 atom stereocenters.